The van der Waals surface area contributed by atoms with Gasteiger partial charge in [0, 0.05) is 11.4 Å². The van der Waals surface area contributed by atoms with E-state index in [2.05, 4.69) is 26.0 Å². The molecule has 0 aliphatic heterocycles. The summed E-state index contributed by atoms with van der Waals surface area (Å²) in [5, 5.41) is 3.00. The largest absolute Gasteiger partial charge is 0.465 e. The van der Waals surface area contributed by atoms with Crippen molar-refractivity contribution in [3.8, 4) is 0 Å². The molecule has 0 unspecified atom stereocenters. The zero-order chi connectivity index (χ0) is 14.8. The van der Waals surface area contributed by atoms with Crippen molar-refractivity contribution in [1.82, 2.24) is 10.0 Å². The Morgan fingerprint density at radius 1 is 1.35 bits per heavy atom. The summed E-state index contributed by atoms with van der Waals surface area (Å²) in [7, 11) is -1.73. The highest BCUT2D eigenvalue weighted by atomic mass is 79.9. The van der Waals surface area contributed by atoms with Crippen molar-refractivity contribution < 1.29 is 12.8 Å². The minimum atomic E-state index is -3.55. The van der Waals surface area contributed by atoms with Gasteiger partial charge in [-0.05, 0) is 48.1 Å². The lowest BCUT2D eigenvalue weighted by Crippen LogP contribution is -2.22. The second-order valence-electron chi connectivity index (χ2n) is 4.22. The van der Waals surface area contributed by atoms with Gasteiger partial charge < -0.3 is 9.73 Å². The van der Waals surface area contributed by atoms with Crippen LogP contribution in [0, 0.1) is 6.92 Å². The van der Waals surface area contributed by atoms with E-state index >= 15 is 0 Å². The van der Waals surface area contributed by atoms with Crippen LogP contribution in [0.2, 0.25) is 0 Å². The molecule has 5 nitrogen and oxygen atoms in total. The second kappa shape index (κ2) is 6.40. The maximum atomic E-state index is 12.3. The summed E-state index contributed by atoms with van der Waals surface area (Å²) in [5.41, 5.74) is 0. The van der Waals surface area contributed by atoms with Gasteiger partial charge in [-0.2, -0.15) is 0 Å². The molecule has 0 spiro atoms. The first-order chi connectivity index (χ1) is 9.42. The summed E-state index contributed by atoms with van der Waals surface area (Å²) in [5.74, 6) is 1.35. The van der Waals surface area contributed by atoms with Crippen molar-refractivity contribution >= 4 is 37.3 Å². The Labute approximate surface area is 130 Å². The summed E-state index contributed by atoms with van der Waals surface area (Å²) in [6, 6.07) is 5.23. The minimum Gasteiger partial charge on any atom is -0.465 e. The Morgan fingerprint density at radius 2 is 2.10 bits per heavy atom. The monoisotopic (exact) mass is 378 g/mol. The molecule has 2 aromatic heterocycles. The zero-order valence-electron chi connectivity index (χ0n) is 11.1. The molecule has 2 heterocycles. The smallest absolute Gasteiger partial charge is 0.242 e. The van der Waals surface area contributed by atoms with Crippen LogP contribution >= 0.6 is 27.3 Å². The molecular formula is C12H15BrN2O3S2. The predicted octanol–water partition coefficient (Wildman–Crippen LogP) is 2.61. The van der Waals surface area contributed by atoms with Crippen LogP contribution in [0.4, 0.5) is 0 Å². The molecule has 0 aliphatic rings. The Hall–Kier alpha value is -0.670. The summed E-state index contributed by atoms with van der Waals surface area (Å²) in [6.07, 6.45) is 0. The van der Waals surface area contributed by atoms with Crippen molar-refractivity contribution in [2.45, 2.75) is 24.9 Å². The van der Waals surface area contributed by atoms with E-state index in [1.165, 1.54) is 11.3 Å². The molecule has 0 amide bonds. The Balaban J connectivity index is 2.13. The molecule has 0 saturated carbocycles. The average molecular weight is 379 g/mol. The van der Waals surface area contributed by atoms with Gasteiger partial charge in [-0.15, -0.1) is 11.3 Å². The normalized spacial score (nSPS) is 11.9. The number of nitrogens with one attached hydrogen (secondary N) is 2. The summed E-state index contributed by atoms with van der Waals surface area (Å²) in [4.78, 5) is 1.21. The fourth-order valence-corrected chi connectivity index (χ4v) is 5.35. The number of thiophene rings is 1. The van der Waals surface area contributed by atoms with E-state index in [0.717, 1.165) is 10.6 Å². The third-order valence-electron chi connectivity index (χ3n) is 2.58. The maximum absolute atomic E-state index is 12.3. The van der Waals surface area contributed by atoms with Crippen LogP contribution in [0.25, 0.3) is 0 Å². The Morgan fingerprint density at radius 3 is 2.70 bits per heavy atom. The minimum absolute atomic E-state index is 0.139. The van der Waals surface area contributed by atoms with Gasteiger partial charge in [-0.3, -0.25) is 0 Å². The molecule has 0 bridgehead atoms. The first kappa shape index (κ1) is 15.7. The summed E-state index contributed by atoms with van der Waals surface area (Å²) < 4.78 is 33.0. The van der Waals surface area contributed by atoms with Crippen molar-refractivity contribution in [2.24, 2.45) is 0 Å². The lowest BCUT2D eigenvalue weighted by molar-refractivity contribution is 0.475. The molecule has 2 aromatic rings. The standard InChI is InChI=1S/C12H15BrN2O3S2/c1-8-3-4-9(18-8)6-15-20(16,17)11-5-10(7-14-2)19-12(11)13/h3-5,14-15H,6-7H2,1-2H3. The number of hydrogen-bond acceptors (Lipinski definition) is 5. The third kappa shape index (κ3) is 3.70. The van der Waals surface area contributed by atoms with Gasteiger partial charge in [0.2, 0.25) is 10.0 Å². The van der Waals surface area contributed by atoms with Crippen LogP contribution < -0.4 is 10.0 Å². The van der Waals surface area contributed by atoms with E-state index < -0.39 is 10.0 Å². The molecule has 0 fully saturated rings. The summed E-state index contributed by atoms with van der Waals surface area (Å²) in [6.45, 7) is 2.59. The molecule has 0 atom stereocenters. The van der Waals surface area contributed by atoms with Crippen molar-refractivity contribution in [2.75, 3.05) is 7.05 Å². The van der Waals surface area contributed by atoms with Crippen LogP contribution in [0.15, 0.2) is 31.3 Å². The second-order valence-corrected chi connectivity index (χ2v) is 8.41. The predicted molar refractivity (Wildman–Crippen MR) is 82.3 cm³/mol. The molecule has 110 valence electrons. The molecular weight excluding hydrogens is 364 g/mol. The molecule has 20 heavy (non-hydrogen) atoms. The van der Waals surface area contributed by atoms with Gasteiger partial charge in [-0.25, -0.2) is 13.1 Å². The lowest BCUT2D eigenvalue weighted by atomic mass is 10.4. The number of aryl methyl sites for hydroxylation is 1. The maximum Gasteiger partial charge on any atom is 0.242 e. The fraction of sp³-hybridized carbons (Fsp3) is 0.333. The first-order valence-corrected chi connectivity index (χ1v) is 8.99. The number of hydrogen-bond donors (Lipinski definition) is 2. The van der Waals surface area contributed by atoms with E-state index in [-0.39, 0.29) is 11.4 Å². The lowest BCUT2D eigenvalue weighted by Gasteiger charge is -2.03. The first-order valence-electron chi connectivity index (χ1n) is 5.90. The molecule has 0 aliphatic carbocycles. The highest BCUT2D eigenvalue weighted by Crippen LogP contribution is 2.31. The highest BCUT2D eigenvalue weighted by Gasteiger charge is 2.21. The average Bonchev–Trinajstić information content (AvgIpc) is 2.94. The van der Waals surface area contributed by atoms with Crippen LogP contribution in [-0.2, 0) is 23.1 Å². The number of rotatable bonds is 6. The molecule has 0 aromatic carbocycles. The number of furan rings is 1. The van der Waals surface area contributed by atoms with Gasteiger partial charge >= 0.3 is 0 Å². The fourth-order valence-electron chi connectivity index (χ4n) is 1.67. The zero-order valence-corrected chi connectivity index (χ0v) is 14.3. The van der Waals surface area contributed by atoms with E-state index in [1.807, 2.05) is 14.0 Å². The highest BCUT2D eigenvalue weighted by molar-refractivity contribution is 9.11. The van der Waals surface area contributed by atoms with Crippen LogP contribution in [0.1, 0.15) is 16.4 Å². The topological polar surface area (TPSA) is 71.3 Å². The van der Waals surface area contributed by atoms with E-state index in [4.69, 9.17) is 4.42 Å². The summed E-state index contributed by atoms with van der Waals surface area (Å²) >= 11 is 4.70. The van der Waals surface area contributed by atoms with Crippen LogP contribution in [-0.4, -0.2) is 15.5 Å². The molecule has 8 heteroatoms. The van der Waals surface area contributed by atoms with Crippen LogP contribution in [0.5, 0.6) is 0 Å². The van der Waals surface area contributed by atoms with Gasteiger partial charge in [0.1, 0.15) is 16.4 Å². The molecule has 2 N–H and O–H groups in total. The molecule has 2 rings (SSSR count). The molecule has 0 radical (unpaired) electrons. The number of halogens is 1. The van der Waals surface area contributed by atoms with Crippen molar-refractivity contribution in [1.29, 1.82) is 0 Å². The van der Waals surface area contributed by atoms with Crippen molar-refractivity contribution in [3.05, 3.63) is 38.4 Å². The van der Waals surface area contributed by atoms with E-state index in [0.29, 0.717) is 16.1 Å². The van der Waals surface area contributed by atoms with E-state index in [9.17, 15) is 8.42 Å². The van der Waals surface area contributed by atoms with E-state index in [1.54, 1.807) is 18.2 Å². The molecule has 0 saturated heterocycles. The Bertz CT molecular complexity index is 691. The third-order valence-corrected chi connectivity index (χ3v) is 6.23. The van der Waals surface area contributed by atoms with Crippen LogP contribution in [0.3, 0.4) is 0 Å². The van der Waals surface area contributed by atoms with Gasteiger partial charge in [0.25, 0.3) is 0 Å². The van der Waals surface area contributed by atoms with Gasteiger partial charge in [0.15, 0.2) is 0 Å². The Kier molecular flexibility index (Phi) is 5.03. The van der Waals surface area contributed by atoms with Crippen molar-refractivity contribution in [3.63, 3.8) is 0 Å². The van der Waals surface area contributed by atoms with Gasteiger partial charge in [0.05, 0.1) is 10.3 Å². The number of sulfonamides is 1. The van der Waals surface area contributed by atoms with Gasteiger partial charge in [-0.1, -0.05) is 0 Å². The SMILES string of the molecule is CNCc1cc(S(=O)(=O)NCc2ccc(C)o2)c(Br)s1. The quantitative estimate of drug-likeness (QED) is 0.810.